The number of carbonyl (C=O) groups is 1. The number of nitrogens with one attached hydrogen (secondary N) is 1. The molecule has 0 fully saturated rings. The average molecular weight is 421 g/mol. The van der Waals surface area contributed by atoms with Crippen molar-refractivity contribution in [3.8, 4) is 11.3 Å². The molecule has 10 heteroatoms. The van der Waals surface area contributed by atoms with Crippen molar-refractivity contribution >= 4 is 35.8 Å². The van der Waals surface area contributed by atoms with Crippen LogP contribution in [-0.4, -0.2) is 44.6 Å². The van der Waals surface area contributed by atoms with Crippen LogP contribution in [0.1, 0.15) is 5.56 Å². The van der Waals surface area contributed by atoms with Crippen molar-refractivity contribution in [1.82, 2.24) is 30.0 Å². The zero-order chi connectivity index (χ0) is 20.9. The molecular formula is C20H19N7O2S. The first-order chi connectivity index (χ1) is 14.6. The number of aromatic nitrogens is 5. The normalized spacial score (nSPS) is 10.9. The van der Waals surface area contributed by atoms with E-state index in [1.54, 1.807) is 24.5 Å². The molecule has 0 radical (unpaired) electrons. The predicted octanol–water partition coefficient (Wildman–Crippen LogP) is 2.90. The lowest BCUT2D eigenvalue weighted by Crippen LogP contribution is -2.35. The fraction of sp³-hybridized carbons (Fsp3) is 0.150. The van der Waals surface area contributed by atoms with E-state index in [0.29, 0.717) is 29.2 Å². The third-order valence-corrected chi connectivity index (χ3v) is 4.67. The van der Waals surface area contributed by atoms with Crippen LogP contribution in [0.3, 0.4) is 0 Å². The lowest BCUT2D eigenvalue weighted by Gasteiger charge is -2.15. The molecule has 3 heterocycles. The summed E-state index contributed by atoms with van der Waals surface area (Å²) in [6.07, 6.45) is 5.33. The van der Waals surface area contributed by atoms with Gasteiger partial charge in [-0.3, -0.25) is 9.67 Å². The van der Waals surface area contributed by atoms with Crippen molar-refractivity contribution in [3.05, 3.63) is 66.6 Å². The number of thiol groups is 1. The summed E-state index contributed by atoms with van der Waals surface area (Å²) in [5.41, 5.74) is 3.63. The molecule has 3 aromatic heterocycles. The molecule has 1 aromatic carbocycles. The van der Waals surface area contributed by atoms with E-state index in [9.17, 15) is 4.79 Å². The van der Waals surface area contributed by atoms with Gasteiger partial charge in [-0.2, -0.15) is 5.10 Å². The van der Waals surface area contributed by atoms with Gasteiger partial charge in [-0.1, -0.05) is 43.1 Å². The molecule has 0 aliphatic rings. The van der Waals surface area contributed by atoms with Gasteiger partial charge in [0.05, 0.1) is 24.6 Å². The zero-order valence-corrected chi connectivity index (χ0v) is 17.0. The van der Waals surface area contributed by atoms with Crippen molar-refractivity contribution < 1.29 is 9.53 Å². The number of fused-ring (bicyclic) bond motifs is 1. The van der Waals surface area contributed by atoms with Gasteiger partial charge < -0.3 is 10.1 Å². The van der Waals surface area contributed by atoms with Gasteiger partial charge in [-0.05, 0) is 17.7 Å². The fourth-order valence-corrected chi connectivity index (χ4v) is 2.99. The Morgan fingerprint density at radius 1 is 1.17 bits per heavy atom. The van der Waals surface area contributed by atoms with Crippen LogP contribution in [0.25, 0.3) is 22.4 Å². The molecule has 152 valence electrons. The maximum absolute atomic E-state index is 12.1. The molecular weight excluding hydrogens is 402 g/mol. The average Bonchev–Trinajstić information content (AvgIpc) is 3.25. The Morgan fingerprint density at radius 3 is 2.80 bits per heavy atom. The third kappa shape index (κ3) is 4.39. The van der Waals surface area contributed by atoms with E-state index in [2.05, 4.69) is 50.3 Å². The number of amides is 2. The van der Waals surface area contributed by atoms with Crippen molar-refractivity contribution in [2.24, 2.45) is 0 Å². The topological polar surface area (TPSA) is 98.1 Å². The highest BCUT2D eigenvalue weighted by atomic mass is 32.1. The summed E-state index contributed by atoms with van der Waals surface area (Å²) in [5, 5.41) is 6.95. The van der Waals surface area contributed by atoms with E-state index in [1.165, 1.54) is 7.11 Å². The molecule has 0 spiro atoms. The van der Waals surface area contributed by atoms with Crippen LogP contribution in [0.2, 0.25) is 0 Å². The molecule has 0 atom stereocenters. The van der Waals surface area contributed by atoms with Gasteiger partial charge in [0, 0.05) is 18.9 Å². The Hall–Kier alpha value is -3.50. The van der Waals surface area contributed by atoms with Crippen molar-refractivity contribution in [2.45, 2.75) is 6.54 Å². The quantitative estimate of drug-likeness (QED) is 0.367. The van der Waals surface area contributed by atoms with Gasteiger partial charge in [-0.25, -0.2) is 19.1 Å². The van der Waals surface area contributed by atoms with Gasteiger partial charge >= 0.3 is 6.03 Å². The Morgan fingerprint density at radius 2 is 2.00 bits per heavy atom. The van der Waals surface area contributed by atoms with Crippen LogP contribution < -0.4 is 9.62 Å². The Kier molecular flexibility index (Phi) is 5.87. The summed E-state index contributed by atoms with van der Waals surface area (Å²) in [5.74, 6) is 0.325. The number of benzene rings is 1. The van der Waals surface area contributed by atoms with Crippen LogP contribution >= 0.6 is 12.8 Å². The number of carbonyl (C=O) groups excluding carboxylic acids is 1. The number of methoxy groups -OCH3 is 1. The zero-order valence-electron chi connectivity index (χ0n) is 16.1. The molecule has 2 amide bonds. The highest BCUT2D eigenvalue weighted by Gasteiger charge is 2.14. The van der Waals surface area contributed by atoms with E-state index >= 15 is 0 Å². The van der Waals surface area contributed by atoms with E-state index < -0.39 is 6.03 Å². The molecule has 9 nitrogen and oxygen atoms in total. The number of pyridine rings is 1. The molecule has 0 saturated carbocycles. The van der Waals surface area contributed by atoms with Gasteiger partial charge in [-0.15, -0.1) is 0 Å². The second-order valence-electron chi connectivity index (χ2n) is 6.41. The van der Waals surface area contributed by atoms with E-state index in [4.69, 9.17) is 4.74 Å². The molecule has 0 aliphatic carbocycles. The number of urea groups is 1. The number of rotatable bonds is 6. The summed E-state index contributed by atoms with van der Waals surface area (Å²) >= 11 is 4.20. The third-order valence-electron chi connectivity index (χ3n) is 4.29. The maximum Gasteiger partial charge on any atom is 0.334 e. The van der Waals surface area contributed by atoms with Gasteiger partial charge in [0.2, 0.25) is 0 Å². The summed E-state index contributed by atoms with van der Waals surface area (Å²) in [6.45, 7) is 0.732. The second-order valence-corrected chi connectivity index (χ2v) is 6.81. The Bertz CT molecular complexity index is 1170. The van der Waals surface area contributed by atoms with Crippen molar-refractivity contribution in [1.29, 1.82) is 0 Å². The minimum Gasteiger partial charge on any atom is -0.364 e. The molecule has 30 heavy (non-hydrogen) atoms. The molecule has 4 aromatic rings. The number of ether oxygens (including phenoxy) is 1. The van der Waals surface area contributed by atoms with Crippen molar-refractivity contribution in [3.63, 3.8) is 0 Å². The first-order valence-corrected chi connectivity index (χ1v) is 9.50. The summed E-state index contributed by atoms with van der Waals surface area (Å²) in [4.78, 5) is 25.5. The molecule has 1 N–H and O–H groups in total. The molecule has 0 unspecified atom stereocenters. The SMILES string of the molecule is COCNC(=O)N(S)c1ccc2ncc(-c3cnn(Cc4ccccc4)c3)nc2n1. The minimum absolute atomic E-state index is 0.0698. The smallest absolute Gasteiger partial charge is 0.334 e. The van der Waals surface area contributed by atoms with Crippen LogP contribution in [0.5, 0.6) is 0 Å². The highest BCUT2D eigenvalue weighted by Crippen LogP contribution is 2.21. The molecule has 0 bridgehead atoms. The monoisotopic (exact) mass is 421 g/mol. The van der Waals surface area contributed by atoms with Crippen LogP contribution in [0, 0.1) is 0 Å². The van der Waals surface area contributed by atoms with Gasteiger partial charge in [0.15, 0.2) is 5.65 Å². The number of anilines is 1. The predicted molar refractivity (Wildman–Crippen MR) is 116 cm³/mol. The minimum atomic E-state index is -0.460. The lowest BCUT2D eigenvalue weighted by atomic mass is 10.2. The van der Waals surface area contributed by atoms with E-state index in [-0.39, 0.29) is 6.73 Å². The summed E-state index contributed by atoms with van der Waals surface area (Å²) < 4.78 is 7.76. The first-order valence-electron chi connectivity index (χ1n) is 9.10. The fourth-order valence-electron chi connectivity index (χ4n) is 2.81. The van der Waals surface area contributed by atoms with E-state index in [0.717, 1.165) is 15.4 Å². The lowest BCUT2D eigenvalue weighted by molar-refractivity contribution is 0.176. The van der Waals surface area contributed by atoms with Crippen molar-refractivity contribution in [2.75, 3.05) is 18.1 Å². The Labute approximate surface area is 178 Å². The number of hydrogen-bond acceptors (Lipinski definition) is 7. The van der Waals surface area contributed by atoms with E-state index in [1.807, 2.05) is 29.1 Å². The highest BCUT2D eigenvalue weighted by molar-refractivity contribution is 7.82. The summed E-state index contributed by atoms with van der Waals surface area (Å²) in [6, 6.07) is 13.0. The standard InChI is InChI=1S/C20H19N7O2S/c1-29-13-22-20(28)27(30)18-8-7-16-19(25-18)24-17(10-21-16)15-9-23-26(12-15)11-14-5-3-2-4-6-14/h2-10,12,30H,11,13H2,1H3,(H,22,28). The number of nitrogens with zero attached hydrogens (tertiary/aromatic N) is 6. The largest absolute Gasteiger partial charge is 0.364 e. The number of hydrogen-bond donors (Lipinski definition) is 2. The van der Waals surface area contributed by atoms with Crippen LogP contribution in [0.15, 0.2) is 61.1 Å². The van der Waals surface area contributed by atoms with Gasteiger partial charge in [0.25, 0.3) is 0 Å². The molecule has 0 saturated heterocycles. The van der Waals surface area contributed by atoms with Crippen LogP contribution in [0.4, 0.5) is 10.6 Å². The second kappa shape index (κ2) is 8.89. The first kappa shape index (κ1) is 19.8. The van der Waals surface area contributed by atoms with Gasteiger partial charge in [0.1, 0.15) is 18.1 Å². The maximum atomic E-state index is 12.1. The van der Waals surface area contributed by atoms with Crippen LogP contribution in [-0.2, 0) is 11.3 Å². The molecule has 0 aliphatic heterocycles. The summed E-state index contributed by atoms with van der Waals surface area (Å²) in [7, 11) is 1.48. The Balaban J connectivity index is 1.57. The molecule has 4 rings (SSSR count).